The molecule has 1 saturated carbocycles. The molecule has 1 aliphatic heterocycles. The number of phenolic OH excluding ortho intramolecular Hbond substituents is 1. The number of nitrogens with zero attached hydrogens (tertiary/aromatic N) is 1. The molecule has 1 saturated heterocycles. The highest BCUT2D eigenvalue weighted by molar-refractivity contribution is 6.21. The molecule has 0 radical (unpaired) electrons. The van der Waals surface area contributed by atoms with Gasteiger partial charge in [0.05, 0.1) is 11.5 Å². The first kappa shape index (κ1) is 28.3. The Bertz CT molecular complexity index is 1190. The van der Waals surface area contributed by atoms with E-state index in [1.165, 1.54) is 0 Å². The number of nitrogens with two attached hydrogens (primary N) is 1. The highest BCUT2D eigenvalue weighted by Crippen LogP contribution is 2.50. The molecule has 10 N–H and O–H groups in total. The monoisotopic (exact) mass is 521 g/mol. The number of likely N-dealkylation sites (tertiary alicyclic amines) is 1. The van der Waals surface area contributed by atoms with Crippen LogP contribution < -0.4 is 11.1 Å². The molecule has 0 bridgehead atoms. The zero-order valence-corrected chi connectivity index (χ0v) is 20.7. The third kappa shape index (κ3) is 4.75. The Hall–Kier alpha value is -3.25. The minimum absolute atomic E-state index is 0. The summed E-state index contributed by atoms with van der Waals surface area (Å²) < 4.78 is 0. The standard InChI is InChI=1S/C26H31N3O6.2H2O.2H2/c1-29-6-4-16(5-7-29)28-11-13-3-2-12-8-14-9-15-10-17(30)21(26(27)35)25(34)20(15)24(33)19(14)23(32)18(12)22(13)31;;;;/h2-3,14-16,20,28,31-32,34H,4-11H2,1H3,(H2,27,35);2*1H2;2*1H. The van der Waals surface area contributed by atoms with Crippen molar-refractivity contribution in [2.45, 2.75) is 44.7 Å². The number of piperidine rings is 1. The summed E-state index contributed by atoms with van der Waals surface area (Å²) in [4.78, 5) is 39.8. The summed E-state index contributed by atoms with van der Waals surface area (Å²) in [6.45, 7) is 2.46. The van der Waals surface area contributed by atoms with Crippen molar-refractivity contribution < 1.29 is 43.5 Å². The Morgan fingerprint density at radius 2 is 1.81 bits per heavy atom. The fraction of sp³-hybridized carbons (Fsp3) is 0.500. The van der Waals surface area contributed by atoms with Crippen molar-refractivity contribution in [1.29, 1.82) is 0 Å². The van der Waals surface area contributed by atoms with E-state index < -0.39 is 40.6 Å². The Labute approximate surface area is 217 Å². The van der Waals surface area contributed by atoms with Gasteiger partial charge in [-0.25, -0.2) is 0 Å². The number of phenols is 1. The molecule has 3 atom stereocenters. The van der Waals surface area contributed by atoms with E-state index in [1.54, 1.807) is 0 Å². The number of amides is 1. The van der Waals surface area contributed by atoms with Crippen molar-refractivity contribution in [1.82, 2.24) is 10.2 Å². The molecule has 206 valence electrons. The van der Waals surface area contributed by atoms with E-state index >= 15 is 0 Å². The zero-order chi connectivity index (χ0) is 25.0. The van der Waals surface area contributed by atoms with Crippen LogP contribution in [0.1, 0.15) is 45.2 Å². The van der Waals surface area contributed by atoms with Crippen LogP contribution in [0.5, 0.6) is 5.75 Å². The number of allylic oxidation sites excluding steroid dienone is 2. The number of hydrogen-bond donors (Lipinski definition) is 5. The van der Waals surface area contributed by atoms with Gasteiger partial charge in [0.2, 0.25) is 0 Å². The number of nitrogens with one attached hydrogen (secondary N) is 1. The van der Waals surface area contributed by atoms with Gasteiger partial charge in [-0.15, -0.1) is 0 Å². The van der Waals surface area contributed by atoms with Gasteiger partial charge in [-0.2, -0.15) is 0 Å². The first-order valence-electron chi connectivity index (χ1n) is 12.2. The minimum Gasteiger partial charge on any atom is -0.511 e. The van der Waals surface area contributed by atoms with Crippen LogP contribution in [0.3, 0.4) is 0 Å². The topological polar surface area (TPSA) is 216 Å². The number of Topliss-reactive ketones (excluding diaryl/α,β-unsaturated/α-hetero) is 2. The molecule has 1 aromatic rings. The predicted molar refractivity (Wildman–Crippen MR) is 139 cm³/mol. The lowest BCUT2D eigenvalue weighted by Crippen LogP contribution is -2.44. The average molecular weight is 522 g/mol. The van der Waals surface area contributed by atoms with E-state index in [2.05, 4.69) is 17.3 Å². The lowest BCUT2D eigenvalue weighted by Gasteiger charge is -2.41. The summed E-state index contributed by atoms with van der Waals surface area (Å²) in [6.07, 6.45) is 2.81. The molecule has 2 fully saturated rings. The van der Waals surface area contributed by atoms with Gasteiger partial charge in [0.15, 0.2) is 11.6 Å². The molecule has 5 rings (SSSR count). The van der Waals surface area contributed by atoms with Gasteiger partial charge < -0.3 is 42.2 Å². The van der Waals surface area contributed by atoms with E-state index in [9.17, 15) is 29.7 Å². The van der Waals surface area contributed by atoms with Crippen LogP contribution in [0, 0.1) is 17.8 Å². The number of primary amides is 1. The number of carbonyl (C=O) groups is 3. The van der Waals surface area contributed by atoms with Gasteiger partial charge in [0, 0.05) is 33.0 Å². The highest BCUT2D eigenvalue weighted by atomic mass is 16.3. The molecule has 3 unspecified atom stereocenters. The number of carbonyl (C=O) groups excluding carboxylic acids is 3. The lowest BCUT2D eigenvalue weighted by molar-refractivity contribution is -0.127. The van der Waals surface area contributed by atoms with Crippen LogP contribution in [0.25, 0.3) is 5.76 Å². The summed E-state index contributed by atoms with van der Waals surface area (Å²) in [7, 11) is 2.10. The molecule has 4 aliphatic rings. The molecule has 0 aromatic heterocycles. The number of rotatable bonds is 4. The Morgan fingerprint density at radius 1 is 1.14 bits per heavy atom. The molecule has 1 amide bonds. The van der Waals surface area contributed by atoms with Crippen LogP contribution in [0.15, 0.2) is 29.0 Å². The maximum atomic E-state index is 13.5. The van der Waals surface area contributed by atoms with Crippen LogP contribution in [-0.4, -0.2) is 74.8 Å². The van der Waals surface area contributed by atoms with Crippen LogP contribution >= 0.6 is 0 Å². The average Bonchev–Trinajstić information content (AvgIpc) is 2.78. The highest BCUT2D eigenvalue weighted by Gasteiger charge is 2.50. The van der Waals surface area contributed by atoms with E-state index in [-0.39, 0.29) is 48.8 Å². The number of ketones is 2. The number of fused-ring (bicyclic) bond motifs is 3. The summed E-state index contributed by atoms with van der Waals surface area (Å²) in [5, 5.41) is 36.4. The minimum atomic E-state index is -1.10. The second-order valence-corrected chi connectivity index (χ2v) is 10.3. The quantitative estimate of drug-likeness (QED) is 0.347. The van der Waals surface area contributed by atoms with E-state index in [0.29, 0.717) is 31.0 Å². The molecular weight excluding hydrogens is 482 g/mol. The van der Waals surface area contributed by atoms with Gasteiger partial charge >= 0.3 is 0 Å². The number of aliphatic hydroxyl groups is 2. The van der Waals surface area contributed by atoms with E-state index in [4.69, 9.17) is 5.73 Å². The summed E-state index contributed by atoms with van der Waals surface area (Å²) in [5.41, 5.74) is 6.50. The second-order valence-electron chi connectivity index (χ2n) is 10.3. The maximum absolute atomic E-state index is 13.5. The van der Waals surface area contributed by atoms with Crippen molar-refractivity contribution >= 4 is 23.2 Å². The fourth-order valence-electron chi connectivity index (χ4n) is 6.27. The summed E-state index contributed by atoms with van der Waals surface area (Å²) >= 11 is 0. The molecular formula is C26H39N3O8. The van der Waals surface area contributed by atoms with Gasteiger partial charge in [-0.1, -0.05) is 12.1 Å². The van der Waals surface area contributed by atoms with E-state index in [0.717, 1.165) is 31.5 Å². The molecule has 1 heterocycles. The summed E-state index contributed by atoms with van der Waals surface area (Å²) in [5.74, 6) is -4.99. The predicted octanol–water partition coefficient (Wildman–Crippen LogP) is 0.335. The van der Waals surface area contributed by atoms with Crippen LogP contribution in [0.2, 0.25) is 0 Å². The fourth-order valence-corrected chi connectivity index (χ4v) is 6.27. The largest absolute Gasteiger partial charge is 0.511 e. The third-order valence-electron chi connectivity index (χ3n) is 8.14. The molecule has 11 nitrogen and oxygen atoms in total. The van der Waals surface area contributed by atoms with Crippen molar-refractivity contribution in [3.05, 3.63) is 45.7 Å². The third-order valence-corrected chi connectivity index (χ3v) is 8.14. The first-order chi connectivity index (χ1) is 16.7. The number of benzene rings is 1. The Balaban J connectivity index is 0.00000190. The Morgan fingerprint density at radius 3 is 2.46 bits per heavy atom. The molecule has 1 aromatic carbocycles. The van der Waals surface area contributed by atoms with Crippen molar-refractivity contribution in [3.8, 4) is 5.75 Å². The van der Waals surface area contributed by atoms with Gasteiger partial charge in [-0.05, 0) is 63.2 Å². The lowest BCUT2D eigenvalue weighted by atomic mass is 9.61. The molecule has 3 aliphatic carbocycles. The van der Waals surface area contributed by atoms with Crippen molar-refractivity contribution in [2.24, 2.45) is 23.5 Å². The first-order valence-corrected chi connectivity index (χ1v) is 12.2. The number of aliphatic hydroxyl groups excluding tert-OH is 2. The van der Waals surface area contributed by atoms with Gasteiger partial charge in [0.1, 0.15) is 22.8 Å². The van der Waals surface area contributed by atoms with E-state index in [1.807, 2.05) is 12.1 Å². The molecule has 0 spiro atoms. The van der Waals surface area contributed by atoms with Crippen LogP contribution in [-0.2, 0) is 27.3 Å². The Kier molecular flexibility index (Phi) is 8.13. The zero-order valence-electron chi connectivity index (χ0n) is 20.7. The SMILES string of the molecule is CN1CCC(NCc2ccc3c(c2O)C(O)=C2C(=O)C4C(O)=C(C(N)=O)C(=O)CC4CC2C3)CC1.O.O.[HH].[HH]. The smallest absolute Gasteiger partial charge is 0.255 e. The molecule has 37 heavy (non-hydrogen) atoms. The molecule has 11 heteroatoms. The van der Waals surface area contributed by atoms with Crippen LogP contribution in [0.4, 0.5) is 0 Å². The maximum Gasteiger partial charge on any atom is 0.255 e. The second kappa shape index (κ2) is 10.6. The summed E-state index contributed by atoms with van der Waals surface area (Å²) in [6, 6.07) is 4.07. The van der Waals surface area contributed by atoms with Gasteiger partial charge in [-0.3, -0.25) is 14.4 Å². The van der Waals surface area contributed by atoms with Crippen molar-refractivity contribution in [2.75, 3.05) is 20.1 Å². The number of aromatic hydroxyl groups is 1. The normalized spacial score (nSPS) is 26.0. The van der Waals surface area contributed by atoms with Crippen molar-refractivity contribution in [3.63, 3.8) is 0 Å². The number of hydrogen-bond acceptors (Lipinski definition) is 8. The van der Waals surface area contributed by atoms with Gasteiger partial charge in [0.25, 0.3) is 5.91 Å².